The molecule has 2 aromatic carbocycles. The quantitative estimate of drug-likeness (QED) is 0.779. The topological polar surface area (TPSA) is 63.7 Å². The lowest BCUT2D eigenvalue weighted by molar-refractivity contribution is -0.124. The molecule has 0 aliphatic carbocycles. The van der Waals surface area contributed by atoms with Gasteiger partial charge in [-0.2, -0.15) is 0 Å². The van der Waals surface area contributed by atoms with E-state index in [9.17, 15) is 13.2 Å². The first-order valence-corrected chi connectivity index (χ1v) is 10.6. The smallest absolute Gasteiger partial charge is 0.264 e. The molecule has 28 heavy (non-hydrogen) atoms. The molecule has 0 saturated carbocycles. The van der Waals surface area contributed by atoms with Crippen molar-refractivity contribution >= 4 is 15.8 Å². The van der Waals surface area contributed by atoms with Crippen LogP contribution in [0.5, 0.6) is 0 Å². The summed E-state index contributed by atoms with van der Waals surface area (Å²) in [4.78, 5) is 12.4. The first-order valence-electron chi connectivity index (χ1n) is 9.14. The zero-order chi connectivity index (χ0) is 19.7. The van der Waals surface area contributed by atoms with Crippen LogP contribution in [0.3, 0.4) is 0 Å². The lowest BCUT2D eigenvalue weighted by atomic mass is 10.1. The van der Waals surface area contributed by atoms with Crippen molar-refractivity contribution in [3.63, 3.8) is 0 Å². The molecule has 2 atom stereocenters. The van der Waals surface area contributed by atoms with Crippen LogP contribution in [0, 0.1) is 6.92 Å². The van der Waals surface area contributed by atoms with Crippen molar-refractivity contribution in [2.75, 3.05) is 0 Å². The minimum atomic E-state index is -3.78. The summed E-state index contributed by atoms with van der Waals surface area (Å²) in [5.41, 5.74) is 2.54. The van der Waals surface area contributed by atoms with E-state index in [-0.39, 0.29) is 23.3 Å². The summed E-state index contributed by atoms with van der Waals surface area (Å²) in [5.74, 6) is -0.146. The van der Waals surface area contributed by atoms with Gasteiger partial charge in [-0.05, 0) is 36.3 Å². The lowest BCUT2D eigenvalue weighted by Crippen LogP contribution is -2.29. The van der Waals surface area contributed by atoms with Gasteiger partial charge >= 0.3 is 0 Å². The molecule has 1 fully saturated rings. The summed E-state index contributed by atoms with van der Waals surface area (Å²) in [6.07, 6.45) is 4.49. The normalized spacial score (nSPS) is 22.6. The number of ether oxygens (including phenoxy) is 1. The summed E-state index contributed by atoms with van der Waals surface area (Å²) >= 11 is 0. The Morgan fingerprint density at radius 3 is 2.54 bits per heavy atom. The highest BCUT2D eigenvalue weighted by atomic mass is 32.2. The molecular weight excluding hydrogens is 374 g/mol. The number of nitrogens with zero attached hydrogens (tertiary/aromatic N) is 1. The Balaban J connectivity index is 1.73. The van der Waals surface area contributed by atoms with Crippen LogP contribution in [0.4, 0.5) is 0 Å². The van der Waals surface area contributed by atoms with Crippen molar-refractivity contribution < 1.29 is 17.9 Å². The first kappa shape index (κ1) is 18.7. The van der Waals surface area contributed by atoms with Gasteiger partial charge in [-0.25, -0.2) is 8.42 Å². The molecule has 4 rings (SSSR count). The largest absolute Gasteiger partial charge is 0.358 e. The maximum absolute atomic E-state index is 13.3. The van der Waals surface area contributed by atoms with Crippen molar-refractivity contribution in [2.24, 2.45) is 0 Å². The zero-order valence-corrected chi connectivity index (χ0v) is 16.3. The highest BCUT2D eigenvalue weighted by molar-refractivity contribution is 7.89. The van der Waals surface area contributed by atoms with E-state index in [1.807, 2.05) is 37.3 Å². The molecule has 1 saturated heterocycles. The summed E-state index contributed by atoms with van der Waals surface area (Å²) in [6, 6.07) is 16.2. The second-order valence-corrected chi connectivity index (χ2v) is 8.96. The molecule has 144 valence electrons. The maximum atomic E-state index is 13.3. The third-order valence-corrected chi connectivity index (χ3v) is 6.66. The second kappa shape index (κ2) is 7.37. The number of hydrogen-bond acceptors (Lipinski definition) is 4. The molecule has 0 spiro atoms. The van der Waals surface area contributed by atoms with E-state index < -0.39 is 16.1 Å². The minimum absolute atomic E-state index is 0.146. The lowest BCUT2D eigenvalue weighted by Gasteiger charge is -2.23. The third-order valence-electron chi connectivity index (χ3n) is 4.94. The van der Waals surface area contributed by atoms with Crippen molar-refractivity contribution in [3.8, 4) is 0 Å². The Labute approximate surface area is 165 Å². The molecule has 2 aromatic rings. The van der Waals surface area contributed by atoms with Gasteiger partial charge in [0, 0.05) is 12.6 Å². The highest BCUT2D eigenvalue weighted by Gasteiger charge is 2.37. The molecule has 6 heteroatoms. The van der Waals surface area contributed by atoms with Gasteiger partial charge < -0.3 is 4.74 Å². The molecule has 0 aromatic heterocycles. The molecule has 2 unspecified atom stereocenters. The number of hydrogen-bond donors (Lipinski definition) is 0. The van der Waals surface area contributed by atoms with Gasteiger partial charge in [-0.15, -0.1) is 0 Å². The average Bonchev–Trinajstić information content (AvgIpc) is 3.03. The van der Waals surface area contributed by atoms with E-state index in [1.54, 1.807) is 36.5 Å². The maximum Gasteiger partial charge on any atom is 0.264 e. The van der Waals surface area contributed by atoms with Crippen LogP contribution in [0.1, 0.15) is 17.5 Å². The number of benzene rings is 2. The fraction of sp³-hybridized carbons (Fsp3) is 0.227. The predicted molar refractivity (Wildman–Crippen MR) is 106 cm³/mol. The zero-order valence-electron chi connectivity index (χ0n) is 15.5. The number of carbonyl (C=O) groups excluding carboxylic acids is 1. The number of sulfonamides is 1. The number of rotatable bonds is 5. The van der Waals surface area contributed by atoms with E-state index in [4.69, 9.17) is 4.74 Å². The Morgan fingerprint density at radius 1 is 1.11 bits per heavy atom. The average molecular weight is 395 g/mol. The first-order chi connectivity index (χ1) is 13.4. The molecule has 2 aliphatic heterocycles. The Morgan fingerprint density at radius 2 is 1.82 bits per heavy atom. The standard InChI is InChI=1S/C22H21NO4S/c1-16-7-10-20(11-8-16)28(25,26)23(14-17-5-3-2-4-6-17)15-18-13-19-9-12-21(24)22(18)27-19/h2-12,15,19,22H,13-14H2,1H3/b18-15+. The number of aryl methyl sites for hydroxylation is 1. The van der Waals surface area contributed by atoms with Gasteiger partial charge in [0.15, 0.2) is 5.78 Å². The highest BCUT2D eigenvalue weighted by Crippen LogP contribution is 2.32. The van der Waals surface area contributed by atoms with Crippen molar-refractivity contribution in [3.05, 3.63) is 89.6 Å². The van der Waals surface area contributed by atoms with Gasteiger partial charge in [0.05, 0.1) is 17.5 Å². The minimum Gasteiger partial charge on any atom is -0.358 e. The van der Waals surface area contributed by atoms with E-state index in [1.165, 1.54) is 10.4 Å². The van der Waals surface area contributed by atoms with E-state index in [0.717, 1.165) is 11.1 Å². The van der Waals surface area contributed by atoms with Crippen LogP contribution >= 0.6 is 0 Å². The fourth-order valence-corrected chi connectivity index (χ4v) is 4.76. The Bertz CT molecular complexity index is 1040. The van der Waals surface area contributed by atoms with E-state index >= 15 is 0 Å². The predicted octanol–water partition coefficient (Wildman–Crippen LogP) is 3.37. The van der Waals surface area contributed by atoms with Crippen molar-refractivity contribution in [1.29, 1.82) is 0 Å². The van der Waals surface area contributed by atoms with Gasteiger partial charge in [0.1, 0.15) is 6.10 Å². The summed E-state index contributed by atoms with van der Waals surface area (Å²) < 4.78 is 33.7. The summed E-state index contributed by atoms with van der Waals surface area (Å²) in [5, 5.41) is 0. The molecule has 2 heterocycles. The SMILES string of the molecule is Cc1ccc(S(=O)(=O)N(/C=C2\CC3C=CC(=O)C2O3)Cc2ccccc2)cc1. The van der Waals surface area contributed by atoms with Gasteiger partial charge in [0.25, 0.3) is 10.0 Å². The molecule has 0 N–H and O–H groups in total. The van der Waals surface area contributed by atoms with Crippen LogP contribution in [0.15, 0.2) is 83.4 Å². The second-order valence-electron chi connectivity index (χ2n) is 7.07. The Hall–Kier alpha value is -2.70. The molecule has 2 bridgehead atoms. The molecule has 0 radical (unpaired) electrons. The number of fused-ring (bicyclic) bond motifs is 2. The van der Waals surface area contributed by atoms with Crippen LogP contribution in [-0.2, 0) is 26.1 Å². The van der Waals surface area contributed by atoms with Gasteiger partial charge in [-0.3, -0.25) is 9.10 Å². The van der Waals surface area contributed by atoms with Crippen LogP contribution in [0.25, 0.3) is 0 Å². The van der Waals surface area contributed by atoms with Crippen molar-refractivity contribution in [1.82, 2.24) is 4.31 Å². The van der Waals surface area contributed by atoms with Crippen LogP contribution in [0.2, 0.25) is 0 Å². The fourth-order valence-electron chi connectivity index (χ4n) is 3.42. The number of ketones is 1. The molecule has 5 nitrogen and oxygen atoms in total. The van der Waals surface area contributed by atoms with Crippen LogP contribution < -0.4 is 0 Å². The molecular formula is C22H21NO4S. The molecule has 2 aliphatic rings. The summed E-state index contributed by atoms with van der Waals surface area (Å²) in [7, 11) is -3.78. The van der Waals surface area contributed by atoms with Crippen LogP contribution in [-0.4, -0.2) is 30.7 Å². The van der Waals surface area contributed by atoms with E-state index in [0.29, 0.717) is 12.0 Å². The third kappa shape index (κ3) is 3.66. The number of carbonyl (C=O) groups is 1. The Kier molecular flexibility index (Phi) is 4.91. The molecule has 0 amide bonds. The monoisotopic (exact) mass is 395 g/mol. The van der Waals surface area contributed by atoms with Gasteiger partial charge in [0.2, 0.25) is 0 Å². The van der Waals surface area contributed by atoms with Crippen molar-refractivity contribution in [2.45, 2.75) is 37.0 Å². The summed E-state index contributed by atoms with van der Waals surface area (Å²) in [6.45, 7) is 2.09. The van der Waals surface area contributed by atoms with Gasteiger partial charge in [-0.1, -0.05) is 54.1 Å². The van der Waals surface area contributed by atoms with E-state index in [2.05, 4.69) is 0 Å².